The van der Waals surface area contributed by atoms with Crippen molar-refractivity contribution in [3.8, 4) is 0 Å². The Hall–Kier alpha value is -1.87. The van der Waals surface area contributed by atoms with Crippen LogP contribution in [0.1, 0.15) is 6.42 Å². The fraction of sp³-hybridized carbons (Fsp3) is 0.750. The molecule has 2 heterocycles. The lowest BCUT2D eigenvalue weighted by molar-refractivity contribution is -0.158. The Morgan fingerprint density at radius 1 is 1.38 bits per heavy atom. The number of aliphatic carboxylic acids is 1. The number of rotatable bonds is 3. The second kappa shape index (κ2) is 6.27. The van der Waals surface area contributed by atoms with E-state index in [-0.39, 0.29) is 39.3 Å². The van der Waals surface area contributed by atoms with Gasteiger partial charge in [-0.15, -0.1) is 0 Å². The molecular weight excluding hydrogens is 284 g/mol. The molecule has 2 aliphatic heterocycles. The normalized spacial score (nSPS) is 29.0. The van der Waals surface area contributed by atoms with Gasteiger partial charge in [-0.3, -0.25) is 0 Å². The van der Waals surface area contributed by atoms with Crippen LogP contribution >= 0.6 is 0 Å². The number of carbonyl (C=O) groups is 3. The monoisotopic (exact) mass is 302 g/mol. The molecule has 0 aliphatic carbocycles. The van der Waals surface area contributed by atoms with Crippen LogP contribution in [0.25, 0.3) is 0 Å². The standard InChI is InChI=1S/C12H18N2O7/c1-19-9(15)8-6-14(3-5-21-8)11(18)13-12(10(16)17)2-4-20-7-12/h8H,2-7H2,1H3,(H,13,18)(H,16,17). The maximum atomic E-state index is 12.2. The van der Waals surface area contributed by atoms with Gasteiger partial charge < -0.3 is 29.5 Å². The quantitative estimate of drug-likeness (QED) is 0.630. The fourth-order valence-corrected chi connectivity index (χ4v) is 2.28. The summed E-state index contributed by atoms with van der Waals surface area (Å²) in [5.41, 5.74) is -1.41. The van der Waals surface area contributed by atoms with Crippen molar-refractivity contribution in [3.63, 3.8) is 0 Å². The Morgan fingerprint density at radius 2 is 2.14 bits per heavy atom. The van der Waals surface area contributed by atoms with Crippen LogP contribution in [0.5, 0.6) is 0 Å². The van der Waals surface area contributed by atoms with Gasteiger partial charge in [-0.25, -0.2) is 14.4 Å². The van der Waals surface area contributed by atoms with Crippen LogP contribution < -0.4 is 5.32 Å². The maximum Gasteiger partial charge on any atom is 0.336 e. The number of carboxylic acids is 1. The highest BCUT2D eigenvalue weighted by atomic mass is 16.6. The van der Waals surface area contributed by atoms with Gasteiger partial charge in [0.2, 0.25) is 0 Å². The van der Waals surface area contributed by atoms with Crippen LogP contribution in [0.3, 0.4) is 0 Å². The highest BCUT2D eigenvalue weighted by Crippen LogP contribution is 2.20. The van der Waals surface area contributed by atoms with E-state index in [2.05, 4.69) is 10.1 Å². The van der Waals surface area contributed by atoms with Gasteiger partial charge in [0.15, 0.2) is 11.6 Å². The zero-order valence-corrected chi connectivity index (χ0v) is 11.7. The van der Waals surface area contributed by atoms with Gasteiger partial charge in [-0.1, -0.05) is 0 Å². The van der Waals surface area contributed by atoms with Crippen molar-refractivity contribution in [2.75, 3.05) is 40.0 Å². The highest BCUT2D eigenvalue weighted by Gasteiger charge is 2.45. The van der Waals surface area contributed by atoms with E-state index < -0.39 is 29.6 Å². The summed E-state index contributed by atoms with van der Waals surface area (Å²) >= 11 is 0. The number of hydrogen-bond donors (Lipinski definition) is 2. The number of morpholine rings is 1. The molecule has 9 nitrogen and oxygen atoms in total. The second-order valence-electron chi connectivity index (χ2n) is 4.95. The molecule has 0 radical (unpaired) electrons. The van der Waals surface area contributed by atoms with Crippen molar-refractivity contribution in [1.82, 2.24) is 10.2 Å². The molecule has 2 amide bonds. The van der Waals surface area contributed by atoms with Crippen LogP contribution in [0, 0.1) is 0 Å². The van der Waals surface area contributed by atoms with Crippen molar-refractivity contribution in [2.45, 2.75) is 18.1 Å². The molecule has 0 aromatic rings. The minimum absolute atomic E-state index is 0.0229. The summed E-state index contributed by atoms with van der Waals surface area (Å²) in [7, 11) is 1.24. The molecule has 0 saturated carbocycles. The molecule has 9 heteroatoms. The first-order chi connectivity index (χ1) is 9.98. The molecule has 0 aromatic heterocycles. The minimum Gasteiger partial charge on any atom is -0.479 e. The lowest BCUT2D eigenvalue weighted by atomic mass is 9.99. The second-order valence-corrected chi connectivity index (χ2v) is 4.95. The van der Waals surface area contributed by atoms with Crippen LogP contribution in [0.4, 0.5) is 4.79 Å². The number of carbonyl (C=O) groups excluding carboxylic acids is 2. The van der Waals surface area contributed by atoms with Crippen LogP contribution in [0.15, 0.2) is 0 Å². The van der Waals surface area contributed by atoms with E-state index in [0.29, 0.717) is 0 Å². The molecule has 0 aromatic carbocycles. The maximum absolute atomic E-state index is 12.2. The number of ether oxygens (including phenoxy) is 3. The summed E-state index contributed by atoms with van der Waals surface area (Å²) in [6, 6.07) is -0.555. The third-order valence-electron chi connectivity index (χ3n) is 3.59. The van der Waals surface area contributed by atoms with Crippen LogP contribution in [0.2, 0.25) is 0 Å². The first-order valence-corrected chi connectivity index (χ1v) is 6.56. The number of amides is 2. The van der Waals surface area contributed by atoms with Crippen LogP contribution in [-0.4, -0.2) is 79.6 Å². The molecule has 2 saturated heterocycles. The molecule has 2 atom stereocenters. The van der Waals surface area contributed by atoms with Gasteiger partial charge in [0, 0.05) is 19.6 Å². The number of hydrogen-bond acceptors (Lipinski definition) is 6. The highest BCUT2D eigenvalue weighted by molar-refractivity contribution is 5.87. The Labute approximate surface area is 121 Å². The topological polar surface area (TPSA) is 114 Å². The van der Waals surface area contributed by atoms with Gasteiger partial charge in [0.05, 0.1) is 26.9 Å². The summed E-state index contributed by atoms with van der Waals surface area (Å²) in [5, 5.41) is 11.8. The predicted octanol–water partition coefficient (Wildman–Crippen LogP) is -1.19. The summed E-state index contributed by atoms with van der Waals surface area (Å²) in [6.07, 6.45) is -0.645. The molecule has 2 N–H and O–H groups in total. The Balaban J connectivity index is 1.99. The van der Waals surface area contributed by atoms with Crippen LogP contribution in [-0.2, 0) is 23.8 Å². The SMILES string of the molecule is COC(=O)C1CN(C(=O)NC2(C(=O)O)CCOC2)CCO1. The average Bonchev–Trinajstić information content (AvgIpc) is 2.96. The van der Waals surface area contributed by atoms with Crippen molar-refractivity contribution in [2.24, 2.45) is 0 Å². The third-order valence-corrected chi connectivity index (χ3v) is 3.59. The average molecular weight is 302 g/mol. The first kappa shape index (κ1) is 15.5. The van der Waals surface area contributed by atoms with Crippen molar-refractivity contribution >= 4 is 18.0 Å². The first-order valence-electron chi connectivity index (χ1n) is 6.56. The van der Waals surface area contributed by atoms with E-state index >= 15 is 0 Å². The molecule has 2 rings (SSSR count). The third kappa shape index (κ3) is 3.24. The number of urea groups is 1. The molecule has 2 fully saturated rings. The number of nitrogens with one attached hydrogen (secondary N) is 1. The lowest BCUT2D eigenvalue weighted by Gasteiger charge is -2.34. The van der Waals surface area contributed by atoms with Gasteiger partial charge in [-0.2, -0.15) is 0 Å². The summed E-state index contributed by atoms with van der Waals surface area (Å²) in [6.45, 7) is 0.689. The number of esters is 1. The summed E-state index contributed by atoms with van der Waals surface area (Å²) in [4.78, 5) is 36.3. The van der Waals surface area contributed by atoms with E-state index in [4.69, 9.17) is 9.47 Å². The molecule has 118 valence electrons. The van der Waals surface area contributed by atoms with Gasteiger partial charge >= 0.3 is 18.0 Å². The van der Waals surface area contributed by atoms with E-state index in [1.54, 1.807) is 0 Å². The summed E-state index contributed by atoms with van der Waals surface area (Å²) in [5.74, 6) is -1.70. The van der Waals surface area contributed by atoms with E-state index in [9.17, 15) is 19.5 Å². The Kier molecular flexibility index (Phi) is 4.63. The van der Waals surface area contributed by atoms with Crippen molar-refractivity contribution < 1.29 is 33.7 Å². The largest absolute Gasteiger partial charge is 0.479 e. The van der Waals surface area contributed by atoms with E-state index in [1.165, 1.54) is 12.0 Å². The zero-order chi connectivity index (χ0) is 15.5. The van der Waals surface area contributed by atoms with Crippen molar-refractivity contribution in [1.29, 1.82) is 0 Å². The number of nitrogens with zero attached hydrogens (tertiary/aromatic N) is 1. The van der Waals surface area contributed by atoms with Gasteiger partial charge in [-0.05, 0) is 0 Å². The smallest absolute Gasteiger partial charge is 0.336 e. The molecule has 21 heavy (non-hydrogen) atoms. The molecule has 0 spiro atoms. The number of carboxylic acid groups (broad SMARTS) is 1. The fourth-order valence-electron chi connectivity index (χ4n) is 2.28. The molecule has 2 aliphatic rings. The van der Waals surface area contributed by atoms with Gasteiger partial charge in [0.25, 0.3) is 0 Å². The lowest BCUT2D eigenvalue weighted by Crippen LogP contribution is -2.61. The molecule has 2 unspecified atom stereocenters. The van der Waals surface area contributed by atoms with Gasteiger partial charge in [0.1, 0.15) is 0 Å². The molecular formula is C12H18N2O7. The summed E-state index contributed by atoms with van der Waals surface area (Å²) < 4.78 is 14.9. The van der Waals surface area contributed by atoms with E-state index in [1.807, 2.05) is 0 Å². The molecule has 0 bridgehead atoms. The Morgan fingerprint density at radius 3 is 2.71 bits per heavy atom. The predicted molar refractivity (Wildman–Crippen MR) is 67.7 cm³/mol. The van der Waals surface area contributed by atoms with E-state index in [0.717, 1.165) is 0 Å². The minimum atomic E-state index is -1.41. The Bertz CT molecular complexity index is 433. The van der Waals surface area contributed by atoms with Crippen molar-refractivity contribution in [3.05, 3.63) is 0 Å². The zero-order valence-electron chi connectivity index (χ0n) is 11.7. The number of methoxy groups -OCH3 is 1.